The van der Waals surface area contributed by atoms with E-state index in [9.17, 15) is 44.3 Å². The third-order valence-electron chi connectivity index (χ3n) is 5.75. The number of benzene rings is 3. The Morgan fingerprint density at radius 2 is 1.55 bits per heavy atom. The average Bonchev–Trinajstić information content (AvgIpc) is 2.87. The highest BCUT2D eigenvalue weighted by Crippen LogP contribution is 2.39. The third kappa shape index (κ3) is 8.46. The minimum absolute atomic E-state index is 0.0808. The van der Waals surface area contributed by atoms with Crippen LogP contribution < -0.4 is 20.1 Å². The van der Waals surface area contributed by atoms with Crippen LogP contribution in [0, 0.1) is 11.6 Å². The van der Waals surface area contributed by atoms with Crippen LogP contribution >= 0.6 is 0 Å². The predicted octanol–water partition coefficient (Wildman–Crippen LogP) is 7.34. The SMILES string of the molecule is CC(C)Oc1cc(C(Cc2ccccc2)(NC(=O)NCC(F)(F)F)c2cc(F)cc(OC(F)(F)C(F)F)c2)ccc1F. The van der Waals surface area contributed by atoms with E-state index >= 15 is 0 Å². The first kappa shape index (κ1) is 32.4. The average molecular weight is 609 g/mol. The van der Waals surface area contributed by atoms with Crippen molar-refractivity contribution in [1.29, 1.82) is 0 Å². The predicted molar refractivity (Wildman–Crippen MR) is 134 cm³/mol. The normalized spacial score (nSPS) is 13.5. The second-order valence-corrected chi connectivity index (χ2v) is 9.44. The van der Waals surface area contributed by atoms with E-state index in [4.69, 9.17) is 4.74 Å². The first-order valence-corrected chi connectivity index (χ1v) is 12.3. The molecular weight excluding hydrogens is 583 g/mol. The van der Waals surface area contributed by atoms with Crippen molar-refractivity contribution in [3.8, 4) is 11.5 Å². The van der Waals surface area contributed by atoms with Crippen LogP contribution in [0.2, 0.25) is 0 Å². The van der Waals surface area contributed by atoms with Gasteiger partial charge in [-0.1, -0.05) is 36.4 Å². The smallest absolute Gasteiger partial charge is 0.461 e. The molecular formula is C28H25F9N2O3. The van der Waals surface area contributed by atoms with E-state index in [1.165, 1.54) is 0 Å². The molecule has 1 unspecified atom stereocenters. The quantitative estimate of drug-likeness (QED) is 0.224. The largest absolute Gasteiger partial charge is 0.488 e. The minimum Gasteiger partial charge on any atom is -0.488 e. The lowest BCUT2D eigenvalue weighted by Crippen LogP contribution is -2.53. The fourth-order valence-electron chi connectivity index (χ4n) is 4.06. The molecule has 2 amide bonds. The van der Waals surface area contributed by atoms with Crippen molar-refractivity contribution in [2.45, 2.75) is 50.6 Å². The summed E-state index contributed by atoms with van der Waals surface area (Å²) in [7, 11) is 0. The van der Waals surface area contributed by atoms with E-state index in [1.54, 1.807) is 49.5 Å². The van der Waals surface area contributed by atoms with Crippen LogP contribution in [0.15, 0.2) is 66.7 Å². The molecule has 0 aliphatic heterocycles. The molecule has 0 fully saturated rings. The topological polar surface area (TPSA) is 59.6 Å². The van der Waals surface area contributed by atoms with Gasteiger partial charge in [0.1, 0.15) is 18.1 Å². The number of alkyl halides is 7. The van der Waals surface area contributed by atoms with Gasteiger partial charge in [0.05, 0.1) is 11.6 Å². The lowest BCUT2D eigenvalue weighted by molar-refractivity contribution is -0.253. The number of carbonyl (C=O) groups excluding carboxylic acids is 1. The van der Waals surface area contributed by atoms with Crippen LogP contribution in [0.5, 0.6) is 11.5 Å². The number of hydrogen-bond acceptors (Lipinski definition) is 3. The second-order valence-electron chi connectivity index (χ2n) is 9.44. The van der Waals surface area contributed by atoms with Gasteiger partial charge in [-0.25, -0.2) is 13.6 Å². The molecule has 0 spiro atoms. The van der Waals surface area contributed by atoms with Crippen molar-refractivity contribution in [1.82, 2.24) is 10.6 Å². The molecule has 0 bridgehead atoms. The Morgan fingerprint density at radius 1 is 0.881 bits per heavy atom. The van der Waals surface area contributed by atoms with Crippen molar-refractivity contribution < 1.29 is 53.8 Å². The maximum atomic E-state index is 14.9. The lowest BCUT2D eigenvalue weighted by Gasteiger charge is -2.37. The molecule has 0 saturated carbocycles. The minimum atomic E-state index is -5.04. The fraction of sp³-hybridized carbons (Fsp3) is 0.321. The van der Waals surface area contributed by atoms with E-state index in [0.29, 0.717) is 11.6 Å². The number of amides is 2. The maximum Gasteiger partial charge on any atom is 0.461 e. The van der Waals surface area contributed by atoms with Crippen molar-refractivity contribution in [3.05, 3.63) is 95.1 Å². The van der Waals surface area contributed by atoms with Crippen molar-refractivity contribution >= 4 is 6.03 Å². The molecule has 0 radical (unpaired) electrons. The summed E-state index contributed by atoms with van der Waals surface area (Å²) in [4.78, 5) is 12.9. The number of carbonyl (C=O) groups is 1. The molecule has 1 atom stereocenters. The molecule has 3 aromatic rings. The van der Waals surface area contributed by atoms with Crippen LogP contribution in [-0.2, 0) is 12.0 Å². The molecule has 0 aliphatic carbocycles. The van der Waals surface area contributed by atoms with Crippen LogP contribution in [0.25, 0.3) is 0 Å². The highest BCUT2D eigenvalue weighted by molar-refractivity contribution is 5.76. The van der Waals surface area contributed by atoms with Crippen LogP contribution in [0.1, 0.15) is 30.5 Å². The Labute approximate surface area is 234 Å². The molecule has 2 N–H and O–H groups in total. The van der Waals surface area contributed by atoms with Gasteiger partial charge in [0.15, 0.2) is 11.6 Å². The molecule has 14 heteroatoms. The van der Waals surface area contributed by atoms with E-state index in [1.807, 2.05) is 0 Å². The molecule has 3 aromatic carbocycles. The Kier molecular flexibility index (Phi) is 9.90. The summed E-state index contributed by atoms with van der Waals surface area (Å²) in [5.74, 6) is -3.56. The van der Waals surface area contributed by atoms with Gasteiger partial charge in [-0.15, -0.1) is 0 Å². The summed E-state index contributed by atoms with van der Waals surface area (Å²) in [6, 6.07) is 11.4. The van der Waals surface area contributed by atoms with Gasteiger partial charge in [0, 0.05) is 12.5 Å². The van der Waals surface area contributed by atoms with Crippen LogP contribution in [0.4, 0.5) is 44.3 Å². The Bertz CT molecular complexity index is 1370. The van der Waals surface area contributed by atoms with Crippen molar-refractivity contribution in [2.75, 3.05) is 6.54 Å². The number of nitrogens with one attached hydrogen (secondary N) is 2. The summed E-state index contributed by atoms with van der Waals surface area (Å²) in [6.07, 6.45) is -15.1. The van der Waals surface area contributed by atoms with Gasteiger partial charge in [0.2, 0.25) is 0 Å². The van der Waals surface area contributed by atoms with Gasteiger partial charge >= 0.3 is 24.7 Å². The van der Waals surface area contributed by atoms with E-state index in [-0.39, 0.29) is 17.7 Å². The number of halogens is 9. The number of hydrogen-bond donors (Lipinski definition) is 2. The Balaban J connectivity index is 2.30. The van der Waals surface area contributed by atoms with Gasteiger partial charge in [-0.3, -0.25) is 0 Å². The highest BCUT2D eigenvalue weighted by Gasteiger charge is 2.45. The molecule has 228 valence electrons. The molecule has 42 heavy (non-hydrogen) atoms. The summed E-state index contributed by atoms with van der Waals surface area (Å²) >= 11 is 0. The lowest BCUT2D eigenvalue weighted by atomic mass is 9.77. The first-order valence-electron chi connectivity index (χ1n) is 12.3. The zero-order valence-corrected chi connectivity index (χ0v) is 22.0. The molecule has 5 nitrogen and oxygen atoms in total. The Hall–Kier alpha value is -4.10. The summed E-state index contributed by atoms with van der Waals surface area (Å²) in [5, 5.41) is 3.96. The molecule has 0 aromatic heterocycles. The van der Waals surface area contributed by atoms with Gasteiger partial charge in [-0.2, -0.15) is 30.7 Å². The van der Waals surface area contributed by atoms with Gasteiger partial charge < -0.3 is 20.1 Å². The number of rotatable bonds is 11. The van der Waals surface area contributed by atoms with Crippen molar-refractivity contribution in [3.63, 3.8) is 0 Å². The second kappa shape index (κ2) is 12.8. The van der Waals surface area contributed by atoms with Gasteiger partial charge in [0.25, 0.3) is 0 Å². The number of urea groups is 1. The summed E-state index contributed by atoms with van der Waals surface area (Å²) < 4.78 is 131. The van der Waals surface area contributed by atoms with E-state index < -0.39 is 65.9 Å². The monoisotopic (exact) mass is 608 g/mol. The first-order chi connectivity index (χ1) is 19.5. The fourth-order valence-corrected chi connectivity index (χ4v) is 4.06. The van der Waals surface area contributed by atoms with E-state index in [2.05, 4.69) is 10.1 Å². The third-order valence-corrected chi connectivity index (χ3v) is 5.75. The zero-order chi connectivity index (χ0) is 31.3. The standard InChI is InChI=1S/C28H25F9N2O3/c1-16(2)41-23-12-18(8-9-22(23)30)26(14-17-6-4-3-5-7-17,39-25(40)38-15-27(33,34)35)19-10-20(29)13-21(11-19)42-28(36,37)24(31)32/h3-13,16,24H,14-15H2,1-2H3,(H2,38,39,40). The molecule has 3 rings (SSSR count). The van der Waals surface area contributed by atoms with Gasteiger partial charge in [-0.05, 0) is 54.8 Å². The molecule has 0 saturated heterocycles. The van der Waals surface area contributed by atoms with E-state index in [0.717, 1.165) is 30.3 Å². The van der Waals surface area contributed by atoms with Crippen LogP contribution in [-0.4, -0.2) is 37.4 Å². The Morgan fingerprint density at radius 3 is 2.14 bits per heavy atom. The highest BCUT2D eigenvalue weighted by atomic mass is 19.4. The summed E-state index contributed by atoms with van der Waals surface area (Å²) in [5.41, 5.74) is -2.22. The summed E-state index contributed by atoms with van der Waals surface area (Å²) in [6.45, 7) is 1.38. The molecule has 0 heterocycles. The maximum absolute atomic E-state index is 14.9. The van der Waals surface area contributed by atoms with Crippen LogP contribution in [0.3, 0.4) is 0 Å². The molecule has 0 aliphatic rings. The zero-order valence-electron chi connectivity index (χ0n) is 22.0. The number of ether oxygens (including phenoxy) is 2. The van der Waals surface area contributed by atoms with Crippen molar-refractivity contribution in [2.24, 2.45) is 0 Å².